The molecular formula is C11H22N6O. The van der Waals surface area contributed by atoms with Crippen LogP contribution in [0.2, 0.25) is 0 Å². The molecule has 0 aromatic carbocycles. The number of rotatable bonds is 8. The lowest BCUT2D eigenvalue weighted by atomic mass is 10.3. The van der Waals surface area contributed by atoms with Crippen molar-refractivity contribution in [3.8, 4) is 0 Å². The summed E-state index contributed by atoms with van der Waals surface area (Å²) in [4.78, 5) is 13.6. The molecule has 18 heavy (non-hydrogen) atoms. The summed E-state index contributed by atoms with van der Waals surface area (Å²) in [6, 6.07) is 0. The van der Waals surface area contributed by atoms with Gasteiger partial charge < -0.3 is 4.90 Å². The Hall–Kier alpha value is -1.47. The largest absolute Gasteiger partial charge is 0.302 e. The molecule has 7 heteroatoms. The Balaban J connectivity index is 2.46. The van der Waals surface area contributed by atoms with E-state index in [0.717, 1.165) is 39.0 Å². The molecule has 0 saturated carbocycles. The first-order valence-electron chi connectivity index (χ1n) is 6.34. The number of carbonyl (C=O) groups excluding carboxylic acids is 1. The van der Waals surface area contributed by atoms with Crippen LogP contribution in [-0.2, 0) is 6.54 Å². The van der Waals surface area contributed by atoms with E-state index in [4.69, 9.17) is 5.84 Å². The molecule has 0 fully saturated rings. The zero-order chi connectivity index (χ0) is 13.4. The molecule has 0 spiro atoms. The minimum Gasteiger partial charge on any atom is -0.302 e. The summed E-state index contributed by atoms with van der Waals surface area (Å²) in [5.74, 6) is 4.61. The highest BCUT2D eigenvalue weighted by molar-refractivity contribution is 5.91. The Kier molecular flexibility index (Phi) is 6.31. The third kappa shape index (κ3) is 4.42. The highest BCUT2D eigenvalue weighted by Gasteiger charge is 2.09. The molecule has 3 N–H and O–H groups in total. The van der Waals surface area contributed by atoms with E-state index in [9.17, 15) is 4.79 Å². The predicted molar refractivity (Wildman–Crippen MR) is 68.7 cm³/mol. The first-order valence-corrected chi connectivity index (χ1v) is 6.34. The molecule has 1 amide bonds. The number of hydrogen-bond donors (Lipinski definition) is 2. The molecule has 0 unspecified atom stereocenters. The van der Waals surface area contributed by atoms with Gasteiger partial charge in [-0.05, 0) is 25.9 Å². The van der Waals surface area contributed by atoms with E-state index in [-0.39, 0.29) is 5.69 Å². The lowest BCUT2D eigenvalue weighted by Crippen LogP contribution is -2.30. The van der Waals surface area contributed by atoms with Gasteiger partial charge in [-0.25, -0.2) is 5.84 Å². The molecule has 0 bridgehead atoms. The van der Waals surface area contributed by atoms with E-state index in [2.05, 4.69) is 29.1 Å². The summed E-state index contributed by atoms with van der Waals surface area (Å²) < 4.78 is 1.67. The van der Waals surface area contributed by atoms with Crippen LogP contribution in [0.5, 0.6) is 0 Å². The zero-order valence-corrected chi connectivity index (χ0v) is 11.1. The minimum atomic E-state index is -0.416. The van der Waals surface area contributed by atoms with Gasteiger partial charge in [0.2, 0.25) is 0 Å². The van der Waals surface area contributed by atoms with Gasteiger partial charge in [0.25, 0.3) is 5.91 Å². The molecule has 0 aliphatic carbocycles. The minimum absolute atomic E-state index is 0.245. The second-order valence-electron chi connectivity index (χ2n) is 4.18. The highest BCUT2D eigenvalue weighted by atomic mass is 16.2. The van der Waals surface area contributed by atoms with E-state index in [1.807, 2.05) is 5.43 Å². The van der Waals surface area contributed by atoms with E-state index in [0.29, 0.717) is 0 Å². The molecule has 102 valence electrons. The van der Waals surface area contributed by atoms with Crippen molar-refractivity contribution in [2.45, 2.75) is 33.2 Å². The van der Waals surface area contributed by atoms with Gasteiger partial charge in [0.1, 0.15) is 0 Å². The van der Waals surface area contributed by atoms with Crippen molar-refractivity contribution in [2.24, 2.45) is 5.84 Å². The fourth-order valence-corrected chi connectivity index (χ4v) is 1.80. The van der Waals surface area contributed by atoms with Gasteiger partial charge in [-0.3, -0.25) is 14.9 Å². The van der Waals surface area contributed by atoms with Crippen LogP contribution in [0.3, 0.4) is 0 Å². The lowest BCUT2D eigenvalue weighted by Gasteiger charge is -2.20. The number of carbonyl (C=O) groups is 1. The van der Waals surface area contributed by atoms with Gasteiger partial charge in [-0.15, -0.1) is 5.10 Å². The maximum absolute atomic E-state index is 11.2. The Labute approximate surface area is 107 Å². The molecule has 1 heterocycles. The third-order valence-corrected chi connectivity index (χ3v) is 2.63. The van der Waals surface area contributed by atoms with Gasteiger partial charge in [-0.2, -0.15) is 0 Å². The number of hydrazine groups is 1. The van der Waals surface area contributed by atoms with Crippen LogP contribution < -0.4 is 11.3 Å². The maximum Gasteiger partial charge on any atom is 0.287 e. The van der Waals surface area contributed by atoms with Crippen LogP contribution in [0.1, 0.15) is 37.2 Å². The van der Waals surface area contributed by atoms with Gasteiger partial charge in [0.05, 0.1) is 12.7 Å². The highest BCUT2D eigenvalue weighted by Crippen LogP contribution is 1.97. The Morgan fingerprint density at radius 2 is 2.06 bits per heavy atom. The quantitative estimate of drug-likeness (QED) is 0.387. The van der Waals surface area contributed by atoms with Crippen LogP contribution in [0.15, 0.2) is 6.20 Å². The normalized spacial score (nSPS) is 10.9. The molecule has 1 rings (SSSR count). The van der Waals surface area contributed by atoms with Gasteiger partial charge >= 0.3 is 0 Å². The smallest absolute Gasteiger partial charge is 0.287 e. The second-order valence-corrected chi connectivity index (χ2v) is 4.18. The van der Waals surface area contributed by atoms with Crippen LogP contribution in [0, 0.1) is 0 Å². The van der Waals surface area contributed by atoms with Crippen molar-refractivity contribution in [3.05, 3.63) is 11.9 Å². The number of nitrogens with two attached hydrogens (primary N) is 1. The topological polar surface area (TPSA) is 89.1 Å². The molecule has 7 nitrogen and oxygen atoms in total. The summed E-state index contributed by atoms with van der Waals surface area (Å²) in [6.45, 7) is 8.14. The van der Waals surface area contributed by atoms with Crippen LogP contribution in [0.25, 0.3) is 0 Å². The van der Waals surface area contributed by atoms with Gasteiger partial charge in [0.15, 0.2) is 5.69 Å². The van der Waals surface area contributed by atoms with Crippen molar-refractivity contribution in [3.63, 3.8) is 0 Å². The molecule has 1 aromatic heterocycles. The Bertz CT molecular complexity index is 358. The summed E-state index contributed by atoms with van der Waals surface area (Å²) in [7, 11) is 0. The zero-order valence-electron chi connectivity index (χ0n) is 11.1. The number of nitrogens with zero attached hydrogens (tertiary/aromatic N) is 4. The van der Waals surface area contributed by atoms with E-state index in [1.54, 1.807) is 10.9 Å². The molecule has 0 saturated heterocycles. The fraction of sp³-hybridized carbons (Fsp3) is 0.727. The van der Waals surface area contributed by atoms with Crippen molar-refractivity contribution < 1.29 is 4.79 Å². The first-order chi connectivity index (χ1) is 8.71. The second kappa shape index (κ2) is 7.78. The molecular weight excluding hydrogens is 232 g/mol. The van der Waals surface area contributed by atoms with Crippen LogP contribution in [-0.4, -0.2) is 45.4 Å². The molecule has 0 aliphatic rings. The average molecular weight is 254 g/mol. The predicted octanol–water partition coefficient (Wildman–Crippen LogP) is 0.00360. The summed E-state index contributed by atoms with van der Waals surface area (Å²) in [6.07, 6.45) is 3.88. The first kappa shape index (κ1) is 14.6. The standard InChI is InChI=1S/C11H22N6O/c1-3-5-16(6-4-2)7-8-17-9-10(14-15-17)11(18)13-12/h9H,3-8,12H2,1-2H3,(H,13,18). The number of hydrogen-bond acceptors (Lipinski definition) is 5. The summed E-state index contributed by atoms with van der Waals surface area (Å²) in [5.41, 5.74) is 2.28. The van der Waals surface area contributed by atoms with Crippen molar-refractivity contribution >= 4 is 5.91 Å². The number of aromatic nitrogens is 3. The van der Waals surface area contributed by atoms with Crippen LogP contribution in [0.4, 0.5) is 0 Å². The number of amides is 1. The summed E-state index contributed by atoms with van der Waals surface area (Å²) >= 11 is 0. The van der Waals surface area contributed by atoms with Crippen molar-refractivity contribution in [2.75, 3.05) is 19.6 Å². The van der Waals surface area contributed by atoms with Gasteiger partial charge in [-0.1, -0.05) is 19.1 Å². The SMILES string of the molecule is CCCN(CCC)CCn1cc(C(=O)NN)nn1. The number of nitrogen functional groups attached to an aromatic ring is 1. The molecule has 0 atom stereocenters. The van der Waals surface area contributed by atoms with E-state index >= 15 is 0 Å². The van der Waals surface area contributed by atoms with E-state index in [1.165, 1.54) is 0 Å². The van der Waals surface area contributed by atoms with E-state index < -0.39 is 5.91 Å². The monoisotopic (exact) mass is 254 g/mol. The summed E-state index contributed by atoms with van der Waals surface area (Å²) in [5, 5.41) is 7.66. The van der Waals surface area contributed by atoms with Crippen molar-refractivity contribution in [1.29, 1.82) is 0 Å². The number of nitrogens with one attached hydrogen (secondary N) is 1. The van der Waals surface area contributed by atoms with Crippen molar-refractivity contribution in [1.82, 2.24) is 25.3 Å². The van der Waals surface area contributed by atoms with Crippen LogP contribution >= 0.6 is 0 Å². The van der Waals surface area contributed by atoms with Gasteiger partial charge in [0, 0.05) is 6.54 Å². The third-order valence-electron chi connectivity index (χ3n) is 2.63. The Morgan fingerprint density at radius 3 is 2.61 bits per heavy atom. The molecule has 0 aliphatic heterocycles. The maximum atomic E-state index is 11.2. The average Bonchev–Trinajstić information content (AvgIpc) is 2.84. The molecule has 1 aromatic rings. The molecule has 0 radical (unpaired) electrons. The fourth-order valence-electron chi connectivity index (χ4n) is 1.80. The lowest BCUT2D eigenvalue weighted by molar-refractivity contribution is 0.0948. The Morgan fingerprint density at radius 1 is 1.39 bits per heavy atom.